The Hall–Kier alpha value is -1.06. The zero-order valence-corrected chi connectivity index (χ0v) is 11.3. The molecular weight excluding hydrogens is 212 g/mol. The number of hydrogen-bond acceptors (Lipinski definition) is 3. The van der Waals surface area contributed by atoms with Gasteiger partial charge in [0.25, 0.3) is 0 Å². The summed E-state index contributed by atoms with van der Waals surface area (Å²) >= 11 is 0. The minimum atomic E-state index is -0.288. The molecular formula is C14H24N2O. The highest BCUT2D eigenvalue weighted by atomic mass is 16.3. The van der Waals surface area contributed by atoms with E-state index in [-0.39, 0.29) is 18.2 Å². The van der Waals surface area contributed by atoms with E-state index in [1.807, 2.05) is 33.0 Å². The van der Waals surface area contributed by atoms with Crippen molar-refractivity contribution in [3.63, 3.8) is 0 Å². The van der Waals surface area contributed by atoms with Gasteiger partial charge in [-0.05, 0) is 31.9 Å². The molecule has 96 valence electrons. The van der Waals surface area contributed by atoms with Gasteiger partial charge in [0, 0.05) is 18.8 Å². The van der Waals surface area contributed by atoms with Crippen molar-refractivity contribution in [1.29, 1.82) is 0 Å². The molecule has 0 saturated carbocycles. The highest BCUT2D eigenvalue weighted by Crippen LogP contribution is 2.30. The van der Waals surface area contributed by atoms with Gasteiger partial charge in [-0.25, -0.2) is 0 Å². The van der Waals surface area contributed by atoms with Gasteiger partial charge in [0.05, 0.1) is 12.1 Å². The largest absolute Gasteiger partial charge is 0.394 e. The lowest BCUT2D eigenvalue weighted by molar-refractivity contribution is 0.216. The third-order valence-corrected chi connectivity index (χ3v) is 3.43. The first-order chi connectivity index (χ1) is 7.94. The van der Waals surface area contributed by atoms with Crippen molar-refractivity contribution in [2.24, 2.45) is 5.73 Å². The first-order valence-electron chi connectivity index (χ1n) is 6.13. The van der Waals surface area contributed by atoms with Crippen LogP contribution in [-0.2, 0) is 0 Å². The molecule has 1 rings (SSSR count). The van der Waals surface area contributed by atoms with E-state index in [1.54, 1.807) is 0 Å². The first kappa shape index (κ1) is 14.0. The average Bonchev–Trinajstić information content (AvgIpc) is 2.36. The molecule has 0 radical (unpaired) electrons. The highest BCUT2D eigenvalue weighted by molar-refractivity contribution is 5.56. The summed E-state index contributed by atoms with van der Waals surface area (Å²) in [6.45, 7) is 6.22. The number of nitrogens with zero attached hydrogens (tertiary/aromatic N) is 1. The Kier molecular flexibility index (Phi) is 4.54. The molecule has 3 heteroatoms. The van der Waals surface area contributed by atoms with Crippen molar-refractivity contribution in [2.45, 2.75) is 38.8 Å². The van der Waals surface area contributed by atoms with Gasteiger partial charge in [0.15, 0.2) is 0 Å². The van der Waals surface area contributed by atoms with Crippen molar-refractivity contribution >= 4 is 5.69 Å². The van der Waals surface area contributed by atoms with Crippen LogP contribution in [0.15, 0.2) is 24.3 Å². The van der Waals surface area contributed by atoms with Crippen LogP contribution in [0.5, 0.6) is 0 Å². The predicted molar refractivity (Wildman–Crippen MR) is 73.2 cm³/mol. The van der Waals surface area contributed by atoms with E-state index in [2.05, 4.69) is 24.0 Å². The molecule has 17 heavy (non-hydrogen) atoms. The summed E-state index contributed by atoms with van der Waals surface area (Å²) in [5.41, 5.74) is 8.08. The molecule has 0 amide bonds. The third kappa shape index (κ3) is 2.99. The van der Waals surface area contributed by atoms with Crippen LogP contribution in [0, 0.1) is 0 Å². The highest BCUT2D eigenvalue weighted by Gasteiger charge is 2.25. The molecule has 3 nitrogen and oxygen atoms in total. The minimum absolute atomic E-state index is 0.0446. The van der Waals surface area contributed by atoms with Crippen LogP contribution in [0.1, 0.15) is 38.8 Å². The second-order valence-electron chi connectivity index (χ2n) is 5.10. The van der Waals surface area contributed by atoms with Crippen LogP contribution < -0.4 is 10.6 Å². The fourth-order valence-corrected chi connectivity index (χ4v) is 1.76. The lowest BCUT2D eigenvalue weighted by atomic mass is 9.98. The maximum absolute atomic E-state index is 9.44. The number of hydrogen-bond donors (Lipinski definition) is 2. The average molecular weight is 236 g/mol. The topological polar surface area (TPSA) is 49.5 Å². The summed E-state index contributed by atoms with van der Waals surface area (Å²) < 4.78 is 0. The molecule has 0 aliphatic carbocycles. The van der Waals surface area contributed by atoms with Crippen LogP contribution >= 0.6 is 0 Å². The molecule has 1 atom stereocenters. The number of nitrogens with two attached hydrogens (primary N) is 1. The van der Waals surface area contributed by atoms with Crippen LogP contribution in [0.4, 0.5) is 5.69 Å². The molecule has 0 heterocycles. The number of aliphatic hydroxyl groups excluding tert-OH is 1. The lowest BCUT2D eigenvalue weighted by Gasteiger charge is -2.37. The smallest absolute Gasteiger partial charge is 0.0658 e. The monoisotopic (exact) mass is 236 g/mol. The Bertz CT molecular complexity index is 363. The number of benzene rings is 1. The Morgan fingerprint density at radius 3 is 2.47 bits per heavy atom. The number of rotatable bonds is 5. The summed E-state index contributed by atoms with van der Waals surface area (Å²) in [6.07, 6.45) is 0.907. The molecule has 0 fully saturated rings. The molecule has 3 N–H and O–H groups in total. The second kappa shape index (κ2) is 5.52. The second-order valence-corrected chi connectivity index (χ2v) is 5.10. The molecule has 1 aromatic carbocycles. The third-order valence-electron chi connectivity index (χ3n) is 3.43. The van der Waals surface area contributed by atoms with Crippen molar-refractivity contribution in [1.82, 2.24) is 0 Å². The van der Waals surface area contributed by atoms with Crippen molar-refractivity contribution in [2.75, 3.05) is 18.6 Å². The predicted octanol–water partition coefficient (Wildman–Crippen LogP) is 2.30. The zero-order valence-electron chi connectivity index (χ0n) is 11.3. The van der Waals surface area contributed by atoms with Gasteiger partial charge in [-0.1, -0.05) is 25.1 Å². The Labute approximate surface area is 104 Å². The fraction of sp³-hybridized carbons (Fsp3) is 0.571. The van der Waals surface area contributed by atoms with Crippen molar-refractivity contribution in [3.05, 3.63) is 29.8 Å². The Morgan fingerprint density at radius 1 is 1.35 bits per heavy atom. The van der Waals surface area contributed by atoms with Crippen LogP contribution in [0.3, 0.4) is 0 Å². The summed E-state index contributed by atoms with van der Waals surface area (Å²) in [5.74, 6) is 0. The van der Waals surface area contributed by atoms with Gasteiger partial charge in [-0.15, -0.1) is 0 Å². The molecule has 0 aromatic heterocycles. The molecule has 0 unspecified atom stereocenters. The zero-order chi connectivity index (χ0) is 13.1. The Balaban J connectivity index is 3.13. The fourth-order valence-electron chi connectivity index (χ4n) is 1.76. The summed E-state index contributed by atoms with van der Waals surface area (Å²) in [6, 6.07) is 8.18. The molecule has 0 aliphatic rings. The number of para-hydroxylation sites is 1. The number of anilines is 1. The summed E-state index contributed by atoms with van der Waals surface area (Å²) in [4.78, 5) is 2.10. The van der Waals surface area contributed by atoms with Crippen LogP contribution in [0.25, 0.3) is 0 Å². The van der Waals surface area contributed by atoms with Crippen molar-refractivity contribution < 1.29 is 5.11 Å². The molecule has 1 aromatic rings. The van der Waals surface area contributed by atoms with Gasteiger partial charge in [-0.3, -0.25) is 0 Å². The van der Waals surface area contributed by atoms with Gasteiger partial charge in [-0.2, -0.15) is 0 Å². The molecule has 0 bridgehead atoms. The quantitative estimate of drug-likeness (QED) is 0.824. The number of likely N-dealkylation sites (N-methyl/N-ethyl adjacent to an activating group) is 1. The maximum atomic E-state index is 9.44. The normalized spacial score (nSPS) is 13.5. The van der Waals surface area contributed by atoms with E-state index < -0.39 is 0 Å². The van der Waals surface area contributed by atoms with Crippen molar-refractivity contribution in [3.8, 4) is 0 Å². The maximum Gasteiger partial charge on any atom is 0.0658 e. The molecule has 0 saturated heterocycles. The van der Waals surface area contributed by atoms with Crippen LogP contribution in [-0.4, -0.2) is 24.3 Å². The van der Waals surface area contributed by atoms with E-state index >= 15 is 0 Å². The van der Waals surface area contributed by atoms with E-state index in [9.17, 15) is 5.11 Å². The van der Waals surface area contributed by atoms with Gasteiger partial charge >= 0.3 is 0 Å². The van der Waals surface area contributed by atoms with E-state index in [0.717, 1.165) is 17.7 Å². The van der Waals surface area contributed by atoms with Crippen LogP contribution in [0.2, 0.25) is 0 Å². The SMILES string of the molecule is CC[C@H](N)c1ccccc1N(C)C(C)(C)CO. The van der Waals surface area contributed by atoms with E-state index in [1.165, 1.54) is 0 Å². The lowest BCUT2D eigenvalue weighted by Crippen LogP contribution is -2.45. The van der Waals surface area contributed by atoms with E-state index in [4.69, 9.17) is 5.73 Å². The Morgan fingerprint density at radius 2 is 1.94 bits per heavy atom. The van der Waals surface area contributed by atoms with Gasteiger partial charge in [0.2, 0.25) is 0 Å². The molecule has 0 aliphatic heterocycles. The number of aliphatic hydroxyl groups is 1. The van der Waals surface area contributed by atoms with Gasteiger partial charge in [0.1, 0.15) is 0 Å². The standard InChI is InChI=1S/C14H24N2O/c1-5-12(15)11-8-6-7-9-13(11)16(4)14(2,3)10-17/h6-9,12,17H,5,10,15H2,1-4H3/t12-/m0/s1. The van der Waals surface area contributed by atoms with E-state index in [0.29, 0.717) is 0 Å². The minimum Gasteiger partial charge on any atom is -0.394 e. The molecule has 0 spiro atoms. The summed E-state index contributed by atoms with van der Waals surface area (Å²) in [5, 5.41) is 9.44. The van der Waals surface area contributed by atoms with Gasteiger partial charge < -0.3 is 15.7 Å². The summed E-state index contributed by atoms with van der Waals surface area (Å²) in [7, 11) is 2.00. The first-order valence-corrected chi connectivity index (χ1v) is 6.13.